The van der Waals surface area contributed by atoms with E-state index in [0.717, 1.165) is 12.8 Å². The topological polar surface area (TPSA) is 90.1 Å². The molecule has 0 radical (unpaired) electrons. The summed E-state index contributed by atoms with van der Waals surface area (Å²) in [5.41, 5.74) is 2.01. The summed E-state index contributed by atoms with van der Waals surface area (Å²) in [6, 6.07) is 12.5. The van der Waals surface area contributed by atoms with Crippen molar-refractivity contribution in [3.63, 3.8) is 0 Å². The molecule has 0 bridgehead atoms. The number of oxazole rings is 1. The van der Waals surface area contributed by atoms with Crippen LogP contribution in [0.25, 0.3) is 11.3 Å². The molecule has 0 saturated heterocycles. The SMILES string of the molecule is CCS(=O)(=O)c1ccc(CC(=O)Cc2cc(Cl)c(C3(c4ncc(-c5ccc(F)cc5)o4)CC3)c(Cl)c2)nc1. The molecule has 1 saturated carbocycles. The van der Waals surface area contributed by atoms with Gasteiger partial charge in [-0.05, 0) is 66.9 Å². The highest BCUT2D eigenvalue weighted by Gasteiger charge is 2.52. The minimum atomic E-state index is -3.35. The molecule has 196 valence electrons. The van der Waals surface area contributed by atoms with Gasteiger partial charge in [-0.2, -0.15) is 0 Å². The molecule has 4 aromatic rings. The Hall–Kier alpha value is -3.07. The first kappa shape index (κ1) is 26.5. The van der Waals surface area contributed by atoms with E-state index in [0.29, 0.717) is 44.1 Å². The number of rotatable bonds is 9. The van der Waals surface area contributed by atoms with Crippen molar-refractivity contribution in [3.8, 4) is 11.3 Å². The van der Waals surface area contributed by atoms with E-state index in [1.165, 1.54) is 24.4 Å². The van der Waals surface area contributed by atoms with Crippen molar-refractivity contribution in [1.82, 2.24) is 9.97 Å². The predicted molar refractivity (Wildman–Crippen MR) is 143 cm³/mol. The van der Waals surface area contributed by atoms with E-state index in [1.807, 2.05) is 0 Å². The number of ketones is 1. The van der Waals surface area contributed by atoms with E-state index >= 15 is 0 Å². The lowest BCUT2D eigenvalue weighted by atomic mass is 9.93. The lowest BCUT2D eigenvalue weighted by Crippen LogP contribution is -2.13. The second-order valence-electron chi connectivity index (χ2n) is 9.33. The van der Waals surface area contributed by atoms with Gasteiger partial charge in [-0.3, -0.25) is 9.78 Å². The average Bonchev–Trinajstić information content (AvgIpc) is 3.51. The third-order valence-corrected chi connectivity index (χ3v) is 9.01. The van der Waals surface area contributed by atoms with Gasteiger partial charge < -0.3 is 4.42 Å². The van der Waals surface area contributed by atoms with E-state index in [4.69, 9.17) is 27.6 Å². The minimum Gasteiger partial charge on any atom is -0.440 e. The third-order valence-electron chi connectivity index (χ3n) is 6.69. The van der Waals surface area contributed by atoms with Gasteiger partial charge in [0.25, 0.3) is 0 Å². The zero-order valence-corrected chi connectivity index (χ0v) is 22.7. The molecule has 5 rings (SSSR count). The number of carbonyl (C=O) groups excluding carboxylic acids is 1. The average molecular weight is 573 g/mol. The number of Topliss-reactive ketones (excluding diaryl/α,β-unsaturated/α-hetero) is 1. The molecule has 0 N–H and O–H groups in total. The second-order valence-corrected chi connectivity index (χ2v) is 12.4. The van der Waals surface area contributed by atoms with Crippen LogP contribution in [0.2, 0.25) is 10.0 Å². The van der Waals surface area contributed by atoms with E-state index in [-0.39, 0.29) is 35.1 Å². The summed E-state index contributed by atoms with van der Waals surface area (Å²) in [5.74, 6) is 0.554. The van der Waals surface area contributed by atoms with Gasteiger partial charge in [0.2, 0.25) is 5.89 Å². The first-order valence-corrected chi connectivity index (χ1v) is 14.4. The zero-order chi connectivity index (χ0) is 27.1. The Morgan fingerprint density at radius 2 is 1.68 bits per heavy atom. The van der Waals surface area contributed by atoms with Crippen molar-refractivity contribution < 1.29 is 22.0 Å². The summed E-state index contributed by atoms with van der Waals surface area (Å²) >= 11 is 13.4. The Kier molecular flexibility index (Phi) is 7.15. The highest BCUT2D eigenvalue weighted by atomic mass is 35.5. The van der Waals surface area contributed by atoms with Gasteiger partial charge in [0.1, 0.15) is 11.6 Å². The maximum atomic E-state index is 13.3. The van der Waals surface area contributed by atoms with Gasteiger partial charge in [0, 0.05) is 45.9 Å². The van der Waals surface area contributed by atoms with Gasteiger partial charge in [0.05, 0.1) is 22.3 Å². The van der Waals surface area contributed by atoms with Crippen molar-refractivity contribution >= 4 is 38.8 Å². The summed E-state index contributed by atoms with van der Waals surface area (Å²) < 4.78 is 43.2. The molecule has 1 aliphatic carbocycles. The van der Waals surface area contributed by atoms with Crippen LogP contribution in [0.4, 0.5) is 4.39 Å². The summed E-state index contributed by atoms with van der Waals surface area (Å²) in [6.45, 7) is 1.57. The van der Waals surface area contributed by atoms with Crippen LogP contribution >= 0.6 is 23.2 Å². The lowest BCUT2D eigenvalue weighted by molar-refractivity contribution is -0.117. The Morgan fingerprint density at radius 3 is 2.26 bits per heavy atom. The van der Waals surface area contributed by atoms with Gasteiger partial charge in [0.15, 0.2) is 15.6 Å². The summed E-state index contributed by atoms with van der Waals surface area (Å²) in [5, 5.41) is 0.846. The Labute approximate surface area is 229 Å². The predicted octanol–water partition coefficient (Wildman–Crippen LogP) is 6.41. The molecule has 2 aromatic heterocycles. The van der Waals surface area contributed by atoms with Gasteiger partial charge >= 0.3 is 0 Å². The van der Waals surface area contributed by atoms with Crippen LogP contribution in [-0.4, -0.2) is 29.9 Å². The molecule has 0 aliphatic heterocycles. The Morgan fingerprint density at radius 1 is 1.00 bits per heavy atom. The number of sulfone groups is 1. The van der Waals surface area contributed by atoms with Crippen LogP contribution in [-0.2, 0) is 32.9 Å². The van der Waals surface area contributed by atoms with Crippen LogP contribution < -0.4 is 0 Å². The Bertz CT molecular complexity index is 1590. The summed E-state index contributed by atoms with van der Waals surface area (Å²) in [7, 11) is -3.35. The number of halogens is 3. The molecule has 10 heteroatoms. The molecular formula is C28H23Cl2FN2O4S. The largest absolute Gasteiger partial charge is 0.440 e. The number of hydrogen-bond acceptors (Lipinski definition) is 6. The summed E-state index contributed by atoms with van der Waals surface area (Å²) in [4.78, 5) is 21.5. The molecule has 6 nitrogen and oxygen atoms in total. The standard InChI is InChI=1S/C28H23Cl2FN2O4S/c1-2-38(35,36)22-8-7-20(32-15-22)14-21(34)11-17-12-23(29)26(24(30)13-17)28(9-10-28)27-33-16-25(37-27)18-3-5-19(31)6-4-18/h3-8,12-13,15-16H,2,9-11,14H2,1H3. The van der Waals surface area contributed by atoms with Crippen molar-refractivity contribution in [2.24, 2.45) is 0 Å². The van der Waals surface area contributed by atoms with Gasteiger partial charge in [-0.15, -0.1) is 0 Å². The monoisotopic (exact) mass is 572 g/mol. The molecule has 0 amide bonds. The van der Waals surface area contributed by atoms with E-state index in [9.17, 15) is 17.6 Å². The smallest absolute Gasteiger partial charge is 0.205 e. The maximum Gasteiger partial charge on any atom is 0.205 e. The Balaban J connectivity index is 1.32. The van der Waals surface area contributed by atoms with Crippen LogP contribution in [0, 0.1) is 5.82 Å². The molecule has 38 heavy (non-hydrogen) atoms. The van der Waals surface area contributed by atoms with Crippen molar-refractivity contribution in [3.05, 3.63) is 99.5 Å². The number of aromatic nitrogens is 2. The molecule has 0 atom stereocenters. The van der Waals surface area contributed by atoms with Crippen LogP contribution in [0.5, 0.6) is 0 Å². The molecule has 0 unspecified atom stereocenters. The fourth-order valence-electron chi connectivity index (χ4n) is 4.48. The van der Waals surface area contributed by atoms with Crippen LogP contribution in [0.3, 0.4) is 0 Å². The van der Waals surface area contributed by atoms with E-state index in [2.05, 4.69) is 9.97 Å². The van der Waals surface area contributed by atoms with Crippen LogP contribution in [0.1, 0.15) is 42.5 Å². The zero-order valence-electron chi connectivity index (χ0n) is 20.4. The number of benzene rings is 2. The number of pyridine rings is 1. The molecule has 1 aliphatic rings. The summed E-state index contributed by atoms with van der Waals surface area (Å²) in [6.07, 6.45) is 4.54. The van der Waals surface area contributed by atoms with Crippen molar-refractivity contribution in [1.29, 1.82) is 0 Å². The highest BCUT2D eigenvalue weighted by molar-refractivity contribution is 7.91. The van der Waals surface area contributed by atoms with Crippen LogP contribution in [0.15, 0.2) is 70.2 Å². The second kappa shape index (κ2) is 10.2. The molecule has 2 heterocycles. The fourth-order valence-corrected chi connectivity index (χ4v) is 6.20. The normalized spacial score (nSPS) is 14.4. The number of nitrogens with zero attached hydrogens (tertiary/aromatic N) is 2. The molecular weight excluding hydrogens is 550 g/mol. The molecule has 0 spiro atoms. The van der Waals surface area contributed by atoms with E-state index in [1.54, 1.807) is 43.5 Å². The molecule has 1 fully saturated rings. The first-order valence-electron chi connectivity index (χ1n) is 12.0. The quantitative estimate of drug-likeness (QED) is 0.230. The number of carbonyl (C=O) groups is 1. The fraction of sp³-hybridized carbons (Fsp3) is 0.250. The van der Waals surface area contributed by atoms with Crippen molar-refractivity contribution in [2.45, 2.75) is 42.9 Å². The van der Waals surface area contributed by atoms with Gasteiger partial charge in [-0.25, -0.2) is 17.8 Å². The molecule has 2 aromatic carbocycles. The van der Waals surface area contributed by atoms with Gasteiger partial charge in [-0.1, -0.05) is 30.1 Å². The third kappa shape index (κ3) is 5.25. The number of hydrogen-bond donors (Lipinski definition) is 0. The minimum absolute atomic E-state index is 0.0167. The maximum absolute atomic E-state index is 13.3. The van der Waals surface area contributed by atoms with Crippen molar-refractivity contribution in [2.75, 3.05) is 5.75 Å². The first-order chi connectivity index (χ1) is 18.1. The highest BCUT2D eigenvalue weighted by Crippen LogP contribution is 2.57. The van der Waals surface area contributed by atoms with E-state index < -0.39 is 15.3 Å². The lowest BCUT2D eigenvalue weighted by Gasteiger charge is -2.17.